The average Bonchev–Trinajstić information content (AvgIpc) is 2.59. The average molecular weight is 377 g/mol. The van der Waals surface area contributed by atoms with Gasteiger partial charge in [0.15, 0.2) is 0 Å². The van der Waals surface area contributed by atoms with Crippen molar-refractivity contribution in [1.29, 1.82) is 0 Å². The van der Waals surface area contributed by atoms with Crippen molar-refractivity contribution < 1.29 is 23.1 Å². The third kappa shape index (κ3) is 4.69. The Balaban J connectivity index is 2.61. The number of hydrogen-bond acceptors (Lipinski definition) is 4. The molecular weight excluding hydrogens is 354 g/mol. The van der Waals surface area contributed by atoms with Gasteiger partial charge in [-0.1, -0.05) is 18.2 Å². The molecule has 0 saturated carbocycles. The van der Waals surface area contributed by atoms with Crippen LogP contribution in [0.5, 0.6) is 0 Å². The van der Waals surface area contributed by atoms with E-state index in [9.17, 15) is 18.3 Å². The van der Waals surface area contributed by atoms with Crippen molar-refractivity contribution in [3.8, 4) is 11.1 Å². The zero-order chi connectivity index (χ0) is 19.5. The van der Waals surface area contributed by atoms with Gasteiger partial charge in [0, 0.05) is 13.2 Å². The van der Waals surface area contributed by atoms with Gasteiger partial charge in [0.1, 0.15) is 0 Å². The fourth-order valence-corrected chi connectivity index (χ4v) is 3.85. The molecule has 6 nitrogen and oxygen atoms in total. The van der Waals surface area contributed by atoms with Crippen molar-refractivity contribution >= 4 is 16.0 Å². The van der Waals surface area contributed by atoms with E-state index in [-0.39, 0.29) is 22.6 Å². The molecule has 0 unspecified atom stereocenters. The Morgan fingerprint density at radius 1 is 1.08 bits per heavy atom. The molecule has 0 bridgehead atoms. The zero-order valence-electron chi connectivity index (χ0n) is 15.2. The second-order valence-corrected chi connectivity index (χ2v) is 8.04. The van der Waals surface area contributed by atoms with E-state index >= 15 is 0 Å². The number of hydrogen-bond donors (Lipinski definition) is 2. The first-order chi connectivity index (χ1) is 12.1. The van der Waals surface area contributed by atoms with Crippen molar-refractivity contribution in [2.75, 3.05) is 7.11 Å². The van der Waals surface area contributed by atoms with Gasteiger partial charge in [-0.25, -0.2) is 17.9 Å². The minimum atomic E-state index is -3.82. The first-order valence-corrected chi connectivity index (χ1v) is 9.66. The minimum absolute atomic E-state index is 0.0775. The number of carboxylic acids is 1. The van der Waals surface area contributed by atoms with Gasteiger partial charge in [-0.05, 0) is 61.7 Å². The van der Waals surface area contributed by atoms with E-state index in [4.69, 9.17) is 4.74 Å². The summed E-state index contributed by atoms with van der Waals surface area (Å²) in [7, 11) is -2.21. The number of aromatic carboxylic acids is 1. The van der Waals surface area contributed by atoms with Crippen molar-refractivity contribution in [3.05, 3.63) is 53.6 Å². The maximum atomic E-state index is 12.5. The molecule has 1 atom stereocenters. The largest absolute Gasteiger partial charge is 0.478 e. The second-order valence-electron chi connectivity index (χ2n) is 6.33. The summed E-state index contributed by atoms with van der Waals surface area (Å²) in [5.74, 6) is -1.19. The Morgan fingerprint density at radius 3 is 2.35 bits per heavy atom. The molecule has 0 aliphatic carbocycles. The maximum Gasteiger partial charge on any atom is 0.335 e. The third-order valence-electron chi connectivity index (χ3n) is 3.90. The Bertz CT molecular complexity index is 906. The molecule has 0 saturated heterocycles. The molecular formula is C19H23NO5S. The van der Waals surface area contributed by atoms with Crippen LogP contribution in [0.2, 0.25) is 0 Å². The quantitative estimate of drug-likeness (QED) is 0.771. The van der Waals surface area contributed by atoms with E-state index in [1.54, 1.807) is 27.0 Å². The third-order valence-corrected chi connectivity index (χ3v) is 5.54. The number of carboxylic acid groups (broad SMARTS) is 1. The molecule has 0 radical (unpaired) electrons. The molecule has 140 valence electrons. The number of rotatable bonds is 7. The summed E-state index contributed by atoms with van der Waals surface area (Å²) in [5.41, 5.74) is 2.06. The maximum absolute atomic E-state index is 12.5. The van der Waals surface area contributed by atoms with Crippen LogP contribution in [0.15, 0.2) is 47.4 Å². The standard InChI is InChI=1S/C19H23NO5S/c1-12(2)20-26(23,24)18-10-16(9-17(11-18)19(21)22)15-7-5-6-14(8-15)13(3)25-4/h5-13,20H,1-4H3,(H,21,22)/t13-/m1/s1. The lowest BCUT2D eigenvalue weighted by Gasteiger charge is -2.14. The summed E-state index contributed by atoms with van der Waals surface area (Å²) in [6.45, 7) is 5.31. The smallest absolute Gasteiger partial charge is 0.335 e. The Hall–Kier alpha value is -2.22. The van der Waals surface area contributed by atoms with Crippen molar-refractivity contribution in [3.63, 3.8) is 0 Å². The van der Waals surface area contributed by atoms with E-state index in [0.29, 0.717) is 5.56 Å². The van der Waals surface area contributed by atoms with E-state index < -0.39 is 16.0 Å². The summed E-state index contributed by atoms with van der Waals surface area (Å²) in [5, 5.41) is 9.37. The molecule has 0 aliphatic heterocycles. The number of sulfonamides is 1. The van der Waals surface area contributed by atoms with Crippen molar-refractivity contribution in [2.24, 2.45) is 0 Å². The van der Waals surface area contributed by atoms with E-state index in [2.05, 4.69) is 4.72 Å². The van der Waals surface area contributed by atoms with Crippen molar-refractivity contribution in [2.45, 2.75) is 37.8 Å². The highest BCUT2D eigenvalue weighted by Gasteiger charge is 2.19. The molecule has 2 rings (SSSR count). The molecule has 26 heavy (non-hydrogen) atoms. The number of benzene rings is 2. The first-order valence-electron chi connectivity index (χ1n) is 8.18. The lowest BCUT2D eigenvalue weighted by Crippen LogP contribution is -2.30. The predicted molar refractivity (Wildman–Crippen MR) is 99.7 cm³/mol. The summed E-state index contributed by atoms with van der Waals surface area (Å²) in [6.07, 6.45) is -0.136. The van der Waals surface area contributed by atoms with Gasteiger partial charge in [-0.15, -0.1) is 0 Å². The monoisotopic (exact) mass is 377 g/mol. The van der Waals surface area contributed by atoms with Crippen LogP contribution in [0.3, 0.4) is 0 Å². The van der Waals surface area contributed by atoms with E-state index in [0.717, 1.165) is 17.2 Å². The zero-order valence-corrected chi connectivity index (χ0v) is 16.0. The topological polar surface area (TPSA) is 92.7 Å². The van der Waals surface area contributed by atoms with E-state index in [1.807, 2.05) is 25.1 Å². The SMILES string of the molecule is CO[C@H](C)c1cccc(-c2cc(C(=O)O)cc(S(=O)(=O)NC(C)C)c2)c1. The summed E-state index contributed by atoms with van der Waals surface area (Å²) < 4.78 is 32.8. The molecule has 7 heteroatoms. The van der Waals surface area contributed by atoms with Crippen molar-refractivity contribution in [1.82, 2.24) is 4.72 Å². The van der Waals surface area contributed by atoms with Gasteiger partial charge in [0.05, 0.1) is 16.6 Å². The molecule has 0 heterocycles. The number of carbonyl (C=O) groups is 1. The van der Waals surface area contributed by atoms with Gasteiger partial charge in [-0.3, -0.25) is 0 Å². The van der Waals surface area contributed by atoms with E-state index in [1.165, 1.54) is 12.1 Å². The fourth-order valence-electron chi connectivity index (χ4n) is 2.53. The lowest BCUT2D eigenvalue weighted by molar-refractivity contribution is 0.0696. The van der Waals surface area contributed by atoms with Crippen LogP contribution in [0.25, 0.3) is 11.1 Å². The molecule has 0 aromatic heterocycles. The van der Waals surface area contributed by atoms with Gasteiger partial charge in [0.2, 0.25) is 10.0 Å². The van der Waals surface area contributed by atoms with Crippen LogP contribution < -0.4 is 4.72 Å². The molecule has 0 fully saturated rings. The van der Waals surface area contributed by atoms with Gasteiger partial charge in [0.25, 0.3) is 0 Å². The van der Waals surface area contributed by atoms with Gasteiger partial charge >= 0.3 is 5.97 Å². The molecule has 0 amide bonds. The van der Waals surface area contributed by atoms with Crippen LogP contribution in [0, 0.1) is 0 Å². The highest BCUT2D eigenvalue weighted by Crippen LogP contribution is 2.28. The highest BCUT2D eigenvalue weighted by molar-refractivity contribution is 7.89. The van der Waals surface area contributed by atoms with Crippen LogP contribution >= 0.6 is 0 Å². The summed E-state index contributed by atoms with van der Waals surface area (Å²) >= 11 is 0. The van der Waals surface area contributed by atoms with Crippen LogP contribution in [0.4, 0.5) is 0 Å². The molecule has 0 spiro atoms. The lowest BCUT2D eigenvalue weighted by atomic mass is 9.99. The van der Waals surface area contributed by atoms with Gasteiger partial charge in [-0.2, -0.15) is 0 Å². The first kappa shape index (κ1) is 20.1. The Labute approximate surface area is 153 Å². The van der Waals surface area contributed by atoms with Gasteiger partial charge < -0.3 is 9.84 Å². The summed E-state index contributed by atoms with van der Waals surface area (Å²) in [4.78, 5) is 11.4. The number of nitrogens with one attached hydrogen (secondary N) is 1. The summed E-state index contributed by atoms with van der Waals surface area (Å²) in [6, 6.07) is 11.2. The van der Waals surface area contributed by atoms with Crippen LogP contribution in [0.1, 0.15) is 42.8 Å². The number of methoxy groups -OCH3 is 1. The normalized spacial score (nSPS) is 13.0. The molecule has 0 aliphatic rings. The second kappa shape index (κ2) is 7.99. The predicted octanol–water partition coefficient (Wildman–Crippen LogP) is 3.45. The Morgan fingerprint density at radius 2 is 1.77 bits per heavy atom. The van der Waals surface area contributed by atoms with Crippen LogP contribution in [-0.4, -0.2) is 32.6 Å². The van der Waals surface area contributed by atoms with Crippen LogP contribution in [-0.2, 0) is 14.8 Å². The highest BCUT2D eigenvalue weighted by atomic mass is 32.2. The number of ether oxygens (including phenoxy) is 1. The minimum Gasteiger partial charge on any atom is -0.478 e. The molecule has 2 aromatic carbocycles. The molecule has 2 aromatic rings. The Kier molecular flexibility index (Phi) is 6.17. The molecule has 2 N–H and O–H groups in total. The fraction of sp³-hybridized carbons (Fsp3) is 0.316.